The molecule has 3 rings (SSSR count). The maximum absolute atomic E-state index is 12.1. The van der Waals surface area contributed by atoms with E-state index in [4.69, 9.17) is 0 Å². The lowest BCUT2D eigenvalue weighted by Crippen LogP contribution is -2.29. The average molecular weight is 454 g/mol. The molecule has 0 spiro atoms. The number of phenolic OH excluding ortho intramolecular Hbond substituents is 1. The number of anilines is 1. The van der Waals surface area contributed by atoms with E-state index in [-0.39, 0.29) is 23.7 Å². The van der Waals surface area contributed by atoms with Gasteiger partial charge in [-0.2, -0.15) is 0 Å². The summed E-state index contributed by atoms with van der Waals surface area (Å²) in [5, 5.41) is 9.26. The van der Waals surface area contributed by atoms with Gasteiger partial charge in [-0.15, -0.1) is 0 Å². The summed E-state index contributed by atoms with van der Waals surface area (Å²) in [5.74, 6) is -0.325. The van der Waals surface area contributed by atoms with Crippen molar-refractivity contribution in [2.45, 2.75) is 25.7 Å². The van der Waals surface area contributed by atoms with E-state index in [1.165, 1.54) is 37.1 Å². The summed E-state index contributed by atoms with van der Waals surface area (Å²) in [6, 6.07) is 12.6. The molecule has 0 aliphatic carbocycles. The van der Waals surface area contributed by atoms with Gasteiger partial charge in [-0.25, -0.2) is 0 Å². The molecule has 5 heteroatoms. The average Bonchev–Trinajstić information content (AvgIpc) is 2.73. The number of phenols is 1. The van der Waals surface area contributed by atoms with Crippen molar-refractivity contribution < 1.29 is 14.7 Å². The Bertz CT molecular complexity index is 926. The van der Waals surface area contributed by atoms with Gasteiger partial charge in [0.1, 0.15) is 5.75 Å². The molecular weight excluding hydrogens is 430 g/mol. The predicted molar refractivity (Wildman–Crippen MR) is 121 cm³/mol. The van der Waals surface area contributed by atoms with E-state index in [9.17, 15) is 14.7 Å². The number of carbonyl (C=O) groups is 2. The van der Waals surface area contributed by atoms with Crippen LogP contribution in [-0.4, -0.2) is 29.8 Å². The van der Waals surface area contributed by atoms with Crippen molar-refractivity contribution in [3.63, 3.8) is 0 Å². The molecule has 150 valence electrons. The Labute approximate surface area is 179 Å². The van der Waals surface area contributed by atoms with Crippen LogP contribution >= 0.6 is 15.9 Å². The number of benzene rings is 2. The van der Waals surface area contributed by atoms with Crippen molar-refractivity contribution in [2.24, 2.45) is 0 Å². The van der Waals surface area contributed by atoms with Crippen molar-refractivity contribution in [2.75, 3.05) is 18.0 Å². The standard InChI is InChI=1S/C24H24BrNO3/c25-24-16-20(26-14-2-1-3-15-26)9-7-19(24)8-13-23(29)17-22(28)12-6-18-4-10-21(27)11-5-18/h4-13,16,27H,1-3,14-15,17H2/b12-6+,13-8+. The van der Waals surface area contributed by atoms with Gasteiger partial charge in [-0.05, 0) is 66.8 Å². The van der Waals surface area contributed by atoms with Crippen LogP contribution in [0.5, 0.6) is 5.75 Å². The number of halogens is 1. The molecule has 0 unspecified atom stereocenters. The van der Waals surface area contributed by atoms with Gasteiger partial charge in [-0.1, -0.05) is 46.3 Å². The SMILES string of the molecule is O=C(/C=C/c1ccc(O)cc1)CC(=O)/C=C/c1ccc(N2CCCCC2)cc1Br. The molecule has 1 heterocycles. The zero-order valence-electron chi connectivity index (χ0n) is 16.2. The molecule has 1 fully saturated rings. The highest BCUT2D eigenvalue weighted by Gasteiger charge is 2.12. The highest BCUT2D eigenvalue weighted by molar-refractivity contribution is 9.10. The second kappa shape index (κ2) is 10.2. The van der Waals surface area contributed by atoms with Crippen molar-refractivity contribution >= 4 is 45.3 Å². The van der Waals surface area contributed by atoms with Crippen LogP contribution in [-0.2, 0) is 9.59 Å². The monoisotopic (exact) mass is 453 g/mol. The van der Waals surface area contributed by atoms with E-state index in [1.807, 2.05) is 6.07 Å². The van der Waals surface area contributed by atoms with E-state index >= 15 is 0 Å². The first-order valence-corrected chi connectivity index (χ1v) is 10.6. The quantitative estimate of drug-likeness (QED) is 0.450. The highest BCUT2D eigenvalue weighted by Crippen LogP contribution is 2.27. The zero-order valence-corrected chi connectivity index (χ0v) is 17.8. The van der Waals surface area contributed by atoms with Gasteiger partial charge in [0.25, 0.3) is 0 Å². The van der Waals surface area contributed by atoms with Gasteiger partial charge in [0.05, 0.1) is 6.42 Å². The van der Waals surface area contributed by atoms with Gasteiger partial charge in [0.15, 0.2) is 11.6 Å². The first-order valence-electron chi connectivity index (χ1n) is 9.76. The lowest BCUT2D eigenvalue weighted by atomic mass is 10.1. The minimum absolute atomic E-state index is 0.170. The zero-order chi connectivity index (χ0) is 20.6. The Kier molecular flexibility index (Phi) is 7.42. The number of carbonyl (C=O) groups excluding carboxylic acids is 2. The van der Waals surface area contributed by atoms with Crippen LogP contribution in [0, 0.1) is 0 Å². The van der Waals surface area contributed by atoms with E-state index in [0.717, 1.165) is 28.7 Å². The summed E-state index contributed by atoms with van der Waals surface area (Å²) in [6.07, 6.45) is 9.79. The van der Waals surface area contributed by atoms with Crippen molar-refractivity contribution in [3.05, 3.63) is 70.2 Å². The predicted octanol–water partition coefficient (Wildman–Crippen LogP) is 5.40. The van der Waals surface area contributed by atoms with E-state index < -0.39 is 0 Å². The van der Waals surface area contributed by atoms with Crippen molar-refractivity contribution in [1.82, 2.24) is 0 Å². The van der Waals surface area contributed by atoms with Crippen LogP contribution in [0.2, 0.25) is 0 Å². The molecule has 0 aromatic heterocycles. The molecule has 0 amide bonds. The van der Waals surface area contributed by atoms with Crippen LogP contribution in [0.25, 0.3) is 12.2 Å². The maximum Gasteiger partial charge on any atom is 0.163 e. The maximum atomic E-state index is 12.1. The Morgan fingerprint density at radius 3 is 2.24 bits per heavy atom. The normalized spacial score (nSPS) is 14.6. The highest BCUT2D eigenvalue weighted by atomic mass is 79.9. The number of nitrogens with zero attached hydrogens (tertiary/aromatic N) is 1. The lowest BCUT2D eigenvalue weighted by Gasteiger charge is -2.29. The summed E-state index contributed by atoms with van der Waals surface area (Å²) in [6.45, 7) is 2.17. The van der Waals surface area contributed by atoms with Crippen LogP contribution in [0.3, 0.4) is 0 Å². The molecular formula is C24H24BrNO3. The third-order valence-electron chi connectivity index (χ3n) is 4.86. The molecule has 2 aromatic carbocycles. The lowest BCUT2D eigenvalue weighted by molar-refractivity contribution is -0.121. The van der Waals surface area contributed by atoms with Gasteiger partial charge in [-0.3, -0.25) is 9.59 Å². The molecule has 1 N–H and O–H groups in total. The van der Waals surface area contributed by atoms with E-state index in [1.54, 1.807) is 36.4 Å². The minimum atomic E-state index is -0.257. The number of aromatic hydroxyl groups is 1. The fourth-order valence-corrected chi connectivity index (χ4v) is 3.75. The topological polar surface area (TPSA) is 57.6 Å². The van der Waals surface area contributed by atoms with Crippen molar-refractivity contribution in [1.29, 1.82) is 0 Å². The first kappa shape index (κ1) is 21.1. The molecule has 0 atom stereocenters. The molecule has 1 saturated heterocycles. The largest absolute Gasteiger partial charge is 0.508 e. The van der Waals surface area contributed by atoms with Crippen LogP contribution < -0.4 is 4.90 Å². The molecule has 2 aromatic rings. The molecule has 0 saturated carbocycles. The van der Waals surface area contributed by atoms with Crippen LogP contribution in [0.4, 0.5) is 5.69 Å². The molecule has 1 aliphatic rings. The molecule has 1 aliphatic heterocycles. The summed E-state index contributed by atoms with van der Waals surface area (Å²) in [5.41, 5.74) is 2.89. The Hall–Kier alpha value is -2.66. The van der Waals surface area contributed by atoms with Crippen molar-refractivity contribution in [3.8, 4) is 5.75 Å². The van der Waals surface area contributed by atoms with Gasteiger partial charge < -0.3 is 10.0 Å². The number of allylic oxidation sites excluding steroid dienone is 2. The third kappa shape index (κ3) is 6.43. The van der Waals surface area contributed by atoms with E-state index in [2.05, 4.69) is 33.0 Å². The third-order valence-corrected chi connectivity index (χ3v) is 5.54. The number of hydrogen-bond donors (Lipinski definition) is 1. The second-order valence-electron chi connectivity index (χ2n) is 7.12. The summed E-state index contributed by atoms with van der Waals surface area (Å²) >= 11 is 3.59. The molecule has 0 radical (unpaired) electrons. The minimum Gasteiger partial charge on any atom is -0.508 e. The first-order chi connectivity index (χ1) is 14.0. The Balaban J connectivity index is 1.55. The number of rotatable bonds is 7. The smallest absolute Gasteiger partial charge is 0.163 e. The fraction of sp³-hybridized carbons (Fsp3) is 0.250. The number of piperidine rings is 1. The molecule has 0 bridgehead atoms. The molecule has 4 nitrogen and oxygen atoms in total. The molecule has 29 heavy (non-hydrogen) atoms. The second-order valence-corrected chi connectivity index (χ2v) is 7.98. The van der Waals surface area contributed by atoms with Gasteiger partial charge >= 0.3 is 0 Å². The number of ketones is 2. The summed E-state index contributed by atoms with van der Waals surface area (Å²) in [7, 11) is 0. The Morgan fingerprint density at radius 2 is 1.59 bits per heavy atom. The fourth-order valence-electron chi connectivity index (χ4n) is 3.25. The Morgan fingerprint density at radius 1 is 0.931 bits per heavy atom. The van der Waals surface area contributed by atoms with E-state index in [0.29, 0.717) is 0 Å². The van der Waals surface area contributed by atoms with Crippen LogP contribution in [0.15, 0.2) is 59.1 Å². The van der Waals surface area contributed by atoms with Gasteiger partial charge in [0, 0.05) is 23.2 Å². The number of hydrogen-bond acceptors (Lipinski definition) is 4. The van der Waals surface area contributed by atoms with Crippen LogP contribution in [0.1, 0.15) is 36.8 Å². The summed E-state index contributed by atoms with van der Waals surface area (Å²) in [4.78, 5) is 26.5. The summed E-state index contributed by atoms with van der Waals surface area (Å²) < 4.78 is 0.933. The van der Waals surface area contributed by atoms with Gasteiger partial charge in [0.2, 0.25) is 0 Å².